The Hall–Kier alpha value is -0.910. The van der Waals surface area contributed by atoms with Crippen LogP contribution in [0.1, 0.15) is 37.1 Å². The molecule has 1 aromatic heterocycles. The fourth-order valence-corrected chi connectivity index (χ4v) is 3.83. The Bertz CT molecular complexity index is 433. The third kappa shape index (κ3) is 4.53. The van der Waals surface area contributed by atoms with Crippen molar-refractivity contribution in [3.63, 3.8) is 0 Å². The molecule has 1 saturated heterocycles. The number of carbonyl (C=O) groups is 1. The number of piperidine rings is 1. The molecule has 2 rings (SSSR count). The van der Waals surface area contributed by atoms with Gasteiger partial charge in [0.1, 0.15) is 0 Å². The van der Waals surface area contributed by atoms with Crippen molar-refractivity contribution in [2.24, 2.45) is 5.92 Å². The monoisotopic (exact) mass is 309 g/mol. The van der Waals surface area contributed by atoms with E-state index in [0.29, 0.717) is 12.5 Å². The number of nitrogens with one attached hydrogen (secondary N) is 2. The van der Waals surface area contributed by atoms with Crippen LogP contribution in [-0.4, -0.2) is 44.0 Å². The van der Waals surface area contributed by atoms with Crippen LogP contribution in [0.5, 0.6) is 0 Å². The molecule has 1 amide bonds. The molecular formula is C16H27N3OS. The van der Waals surface area contributed by atoms with Gasteiger partial charge in [0.15, 0.2) is 0 Å². The van der Waals surface area contributed by atoms with Crippen molar-refractivity contribution in [3.05, 3.63) is 22.4 Å². The molecule has 3 atom stereocenters. The maximum absolute atomic E-state index is 12.4. The number of nitrogens with zero attached hydrogens (tertiary/aromatic N) is 1. The van der Waals surface area contributed by atoms with Gasteiger partial charge in [-0.05, 0) is 50.8 Å². The number of hydrogen-bond acceptors (Lipinski definition) is 4. The number of amides is 1. The third-order valence-electron chi connectivity index (χ3n) is 4.37. The van der Waals surface area contributed by atoms with E-state index in [4.69, 9.17) is 0 Å². The maximum atomic E-state index is 12.4. The maximum Gasteiger partial charge on any atom is 0.237 e. The van der Waals surface area contributed by atoms with Crippen molar-refractivity contribution in [2.45, 2.75) is 38.3 Å². The Balaban J connectivity index is 1.87. The molecule has 0 radical (unpaired) electrons. The van der Waals surface area contributed by atoms with Crippen LogP contribution in [0.15, 0.2) is 17.5 Å². The van der Waals surface area contributed by atoms with Gasteiger partial charge in [-0.1, -0.05) is 19.4 Å². The quantitative estimate of drug-likeness (QED) is 0.847. The first-order valence-corrected chi connectivity index (χ1v) is 8.70. The van der Waals surface area contributed by atoms with E-state index in [1.807, 2.05) is 0 Å². The van der Waals surface area contributed by atoms with Gasteiger partial charge in [-0.2, -0.15) is 0 Å². The van der Waals surface area contributed by atoms with E-state index >= 15 is 0 Å². The van der Waals surface area contributed by atoms with Crippen LogP contribution in [0.4, 0.5) is 0 Å². The zero-order valence-electron chi connectivity index (χ0n) is 13.3. The molecule has 0 aliphatic carbocycles. The normalized spacial score (nSPS) is 24.0. The van der Waals surface area contributed by atoms with Crippen LogP contribution in [0.3, 0.4) is 0 Å². The average molecular weight is 309 g/mol. The van der Waals surface area contributed by atoms with Crippen LogP contribution >= 0.6 is 11.3 Å². The van der Waals surface area contributed by atoms with Gasteiger partial charge in [-0.15, -0.1) is 11.3 Å². The molecule has 0 aromatic carbocycles. The largest absolute Gasteiger partial charge is 0.353 e. The van der Waals surface area contributed by atoms with Gasteiger partial charge in [0.25, 0.3) is 0 Å². The van der Waals surface area contributed by atoms with E-state index < -0.39 is 0 Å². The zero-order valence-corrected chi connectivity index (χ0v) is 14.1. The van der Waals surface area contributed by atoms with Crippen LogP contribution in [0.25, 0.3) is 0 Å². The molecular weight excluding hydrogens is 282 g/mol. The number of rotatable bonds is 6. The zero-order chi connectivity index (χ0) is 15.2. The van der Waals surface area contributed by atoms with Crippen molar-refractivity contribution in [1.29, 1.82) is 0 Å². The lowest BCUT2D eigenvalue weighted by molar-refractivity contribution is -0.124. The molecule has 1 fully saturated rings. The molecule has 0 spiro atoms. The SMILES string of the molecule is CCC1CCNC(C(=O)NCC(c2cccs2)N(C)C)C1. The van der Waals surface area contributed by atoms with E-state index in [2.05, 4.69) is 54.1 Å². The van der Waals surface area contributed by atoms with E-state index in [1.54, 1.807) is 11.3 Å². The van der Waals surface area contributed by atoms with Gasteiger partial charge < -0.3 is 15.5 Å². The molecule has 118 valence electrons. The van der Waals surface area contributed by atoms with Crippen molar-refractivity contribution in [3.8, 4) is 0 Å². The topological polar surface area (TPSA) is 44.4 Å². The van der Waals surface area contributed by atoms with Gasteiger partial charge in [-0.25, -0.2) is 0 Å². The summed E-state index contributed by atoms with van der Waals surface area (Å²) < 4.78 is 0. The van der Waals surface area contributed by atoms with Gasteiger partial charge in [0.05, 0.1) is 12.1 Å². The summed E-state index contributed by atoms with van der Waals surface area (Å²) in [7, 11) is 4.12. The highest BCUT2D eigenvalue weighted by atomic mass is 32.1. The van der Waals surface area contributed by atoms with Crippen LogP contribution in [0, 0.1) is 5.92 Å². The Morgan fingerprint density at radius 1 is 1.57 bits per heavy atom. The number of carbonyl (C=O) groups excluding carboxylic acids is 1. The van der Waals surface area contributed by atoms with Gasteiger partial charge in [-0.3, -0.25) is 4.79 Å². The van der Waals surface area contributed by atoms with E-state index in [0.717, 1.165) is 13.0 Å². The molecule has 1 aliphatic rings. The van der Waals surface area contributed by atoms with Crippen LogP contribution < -0.4 is 10.6 Å². The minimum absolute atomic E-state index is 0.0187. The molecule has 0 bridgehead atoms. The minimum Gasteiger partial charge on any atom is -0.353 e. The molecule has 0 saturated carbocycles. The van der Waals surface area contributed by atoms with Gasteiger partial charge in [0, 0.05) is 11.4 Å². The Kier molecular flexibility index (Phi) is 6.21. The minimum atomic E-state index is -0.0187. The highest BCUT2D eigenvalue weighted by molar-refractivity contribution is 7.10. The predicted octanol–water partition coefficient (Wildman–Crippen LogP) is 2.25. The molecule has 5 heteroatoms. The number of hydrogen-bond donors (Lipinski definition) is 2. The second-order valence-corrected chi connectivity index (χ2v) is 7.02. The number of thiophene rings is 1. The molecule has 1 aromatic rings. The first-order chi connectivity index (χ1) is 10.1. The first-order valence-electron chi connectivity index (χ1n) is 7.82. The van der Waals surface area contributed by atoms with Gasteiger partial charge >= 0.3 is 0 Å². The summed E-state index contributed by atoms with van der Waals surface area (Å²) in [6.07, 6.45) is 3.32. The fourth-order valence-electron chi connectivity index (χ4n) is 2.91. The molecule has 1 aliphatic heterocycles. The molecule has 21 heavy (non-hydrogen) atoms. The summed E-state index contributed by atoms with van der Waals surface area (Å²) in [6, 6.07) is 4.43. The fraction of sp³-hybridized carbons (Fsp3) is 0.688. The summed E-state index contributed by atoms with van der Waals surface area (Å²) in [4.78, 5) is 15.8. The van der Waals surface area contributed by atoms with Crippen molar-refractivity contribution in [2.75, 3.05) is 27.2 Å². The van der Waals surface area contributed by atoms with Crippen LogP contribution in [-0.2, 0) is 4.79 Å². The number of likely N-dealkylation sites (N-methyl/N-ethyl adjacent to an activating group) is 1. The Morgan fingerprint density at radius 2 is 2.38 bits per heavy atom. The van der Waals surface area contributed by atoms with Crippen molar-refractivity contribution < 1.29 is 4.79 Å². The second kappa shape index (κ2) is 7.92. The lowest BCUT2D eigenvalue weighted by Crippen LogP contribution is -2.50. The first kappa shape index (κ1) is 16.5. The molecule has 2 N–H and O–H groups in total. The summed E-state index contributed by atoms with van der Waals surface area (Å²) in [6.45, 7) is 3.84. The Morgan fingerprint density at radius 3 is 3.00 bits per heavy atom. The molecule has 4 nitrogen and oxygen atoms in total. The van der Waals surface area contributed by atoms with Crippen molar-refractivity contribution >= 4 is 17.2 Å². The summed E-state index contributed by atoms with van der Waals surface area (Å²) in [5.74, 6) is 0.834. The van der Waals surface area contributed by atoms with E-state index in [1.165, 1.54) is 17.7 Å². The van der Waals surface area contributed by atoms with E-state index in [-0.39, 0.29) is 18.0 Å². The van der Waals surface area contributed by atoms with Crippen molar-refractivity contribution in [1.82, 2.24) is 15.5 Å². The lowest BCUT2D eigenvalue weighted by Gasteiger charge is -2.30. The standard InChI is InChI=1S/C16H27N3OS/c1-4-12-7-8-17-13(10-12)16(20)18-11-14(19(2)3)15-6-5-9-21-15/h5-6,9,12-14,17H,4,7-8,10-11H2,1-3H3,(H,18,20). The third-order valence-corrected chi connectivity index (χ3v) is 5.34. The summed E-state index contributed by atoms with van der Waals surface area (Å²) in [5.41, 5.74) is 0. The summed E-state index contributed by atoms with van der Waals surface area (Å²) in [5, 5.41) is 8.56. The highest BCUT2D eigenvalue weighted by Gasteiger charge is 2.26. The van der Waals surface area contributed by atoms with Gasteiger partial charge in [0.2, 0.25) is 5.91 Å². The van der Waals surface area contributed by atoms with E-state index in [9.17, 15) is 4.79 Å². The second-order valence-electron chi connectivity index (χ2n) is 6.05. The average Bonchev–Trinajstić information content (AvgIpc) is 3.01. The molecule has 3 unspecified atom stereocenters. The predicted molar refractivity (Wildman–Crippen MR) is 88.6 cm³/mol. The Labute approximate surface area is 131 Å². The summed E-state index contributed by atoms with van der Waals surface area (Å²) >= 11 is 1.74. The lowest BCUT2D eigenvalue weighted by atomic mass is 9.90. The smallest absolute Gasteiger partial charge is 0.237 e. The molecule has 2 heterocycles. The van der Waals surface area contributed by atoms with Crippen LogP contribution in [0.2, 0.25) is 0 Å². The highest BCUT2D eigenvalue weighted by Crippen LogP contribution is 2.23.